The van der Waals surface area contributed by atoms with E-state index in [2.05, 4.69) is 4.98 Å². The minimum atomic E-state index is 0.446. The van der Waals surface area contributed by atoms with Crippen LogP contribution in [0, 0.1) is 5.92 Å². The maximum absolute atomic E-state index is 5.88. The van der Waals surface area contributed by atoms with Crippen molar-refractivity contribution in [1.29, 1.82) is 0 Å². The minimum Gasteiger partial charge on any atom is -0.497 e. The first-order valence-corrected chi connectivity index (χ1v) is 6.94. The molecule has 0 atom stereocenters. The molecular formula is C15H20N2O2. The van der Waals surface area contributed by atoms with Crippen LogP contribution in [-0.4, -0.2) is 18.6 Å². The summed E-state index contributed by atoms with van der Waals surface area (Å²) in [6, 6.07) is 5.76. The molecule has 0 radical (unpaired) electrons. The molecule has 0 bridgehead atoms. The zero-order valence-corrected chi connectivity index (χ0v) is 11.3. The van der Waals surface area contributed by atoms with Crippen molar-refractivity contribution in [2.24, 2.45) is 11.7 Å². The number of ether oxygens (including phenoxy) is 1. The summed E-state index contributed by atoms with van der Waals surface area (Å²) >= 11 is 0. The van der Waals surface area contributed by atoms with Crippen LogP contribution in [0.15, 0.2) is 22.6 Å². The first-order valence-electron chi connectivity index (χ1n) is 6.94. The second-order valence-corrected chi connectivity index (χ2v) is 5.34. The lowest BCUT2D eigenvalue weighted by molar-refractivity contribution is 0.301. The van der Waals surface area contributed by atoms with Gasteiger partial charge < -0.3 is 14.9 Å². The van der Waals surface area contributed by atoms with Crippen molar-refractivity contribution < 1.29 is 9.15 Å². The number of hydrogen-bond donors (Lipinski definition) is 1. The summed E-state index contributed by atoms with van der Waals surface area (Å²) in [5, 5.41) is 0. The van der Waals surface area contributed by atoms with Gasteiger partial charge >= 0.3 is 0 Å². The van der Waals surface area contributed by atoms with Gasteiger partial charge in [0, 0.05) is 12.0 Å². The van der Waals surface area contributed by atoms with Gasteiger partial charge in [-0.15, -0.1) is 0 Å². The van der Waals surface area contributed by atoms with Crippen LogP contribution in [0.25, 0.3) is 11.1 Å². The van der Waals surface area contributed by atoms with Crippen molar-refractivity contribution in [2.75, 3.05) is 13.7 Å². The van der Waals surface area contributed by atoms with Crippen LogP contribution >= 0.6 is 0 Å². The van der Waals surface area contributed by atoms with E-state index in [4.69, 9.17) is 14.9 Å². The zero-order valence-electron chi connectivity index (χ0n) is 11.3. The molecule has 0 aliphatic heterocycles. The van der Waals surface area contributed by atoms with E-state index in [0.29, 0.717) is 11.8 Å². The number of benzene rings is 1. The number of oxazole rings is 1. The second-order valence-electron chi connectivity index (χ2n) is 5.34. The average Bonchev–Trinajstić information content (AvgIpc) is 2.90. The molecule has 2 N–H and O–H groups in total. The summed E-state index contributed by atoms with van der Waals surface area (Å²) in [6.45, 7) is 0.803. The third-order valence-corrected chi connectivity index (χ3v) is 4.14. The van der Waals surface area contributed by atoms with Gasteiger partial charge in [0.1, 0.15) is 11.3 Å². The molecule has 0 amide bonds. The summed E-state index contributed by atoms with van der Waals surface area (Å²) in [7, 11) is 1.66. The monoisotopic (exact) mass is 260 g/mol. The van der Waals surface area contributed by atoms with E-state index in [1.807, 2.05) is 18.2 Å². The SMILES string of the molecule is COc1ccc2oc(C3CCC(CN)CC3)nc2c1. The highest BCUT2D eigenvalue weighted by Crippen LogP contribution is 2.36. The van der Waals surface area contributed by atoms with Crippen LogP contribution in [0.4, 0.5) is 0 Å². The molecular weight excluding hydrogens is 240 g/mol. The molecule has 1 aliphatic rings. The Morgan fingerprint density at radius 3 is 2.79 bits per heavy atom. The van der Waals surface area contributed by atoms with Gasteiger partial charge in [-0.2, -0.15) is 0 Å². The van der Waals surface area contributed by atoms with E-state index < -0.39 is 0 Å². The fourth-order valence-corrected chi connectivity index (χ4v) is 2.87. The Hall–Kier alpha value is -1.55. The summed E-state index contributed by atoms with van der Waals surface area (Å²) in [6.07, 6.45) is 4.63. The van der Waals surface area contributed by atoms with Crippen molar-refractivity contribution in [3.63, 3.8) is 0 Å². The van der Waals surface area contributed by atoms with Crippen LogP contribution in [0.2, 0.25) is 0 Å². The normalized spacial score (nSPS) is 23.7. The fraction of sp³-hybridized carbons (Fsp3) is 0.533. The molecule has 0 spiro atoms. The lowest BCUT2D eigenvalue weighted by atomic mass is 9.82. The molecule has 1 heterocycles. The molecule has 2 aromatic rings. The van der Waals surface area contributed by atoms with Crippen molar-refractivity contribution in [3.05, 3.63) is 24.1 Å². The summed E-state index contributed by atoms with van der Waals surface area (Å²) < 4.78 is 11.1. The van der Waals surface area contributed by atoms with Crippen molar-refractivity contribution in [3.8, 4) is 5.75 Å². The first-order chi connectivity index (χ1) is 9.30. The highest BCUT2D eigenvalue weighted by Gasteiger charge is 2.25. The Labute approximate surface area is 112 Å². The maximum Gasteiger partial charge on any atom is 0.198 e. The quantitative estimate of drug-likeness (QED) is 0.921. The molecule has 1 aliphatic carbocycles. The highest BCUT2D eigenvalue weighted by molar-refractivity contribution is 5.74. The van der Waals surface area contributed by atoms with Crippen molar-refractivity contribution in [2.45, 2.75) is 31.6 Å². The lowest BCUT2D eigenvalue weighted by Crippen LogP contribution is -2.20. The van der Waals surface area contributed by atoms with E-state index in [9.17, 15) is 0 Å². The summed E-state index contributed by atoms with van der Waals surface area (Å²) in [4.78, 5) is 4.62. The van der Waals surface area contributed by atoms with Gasteiger partial charge in [0.25, 0.3) is 0 Å². The number of nitrogens with zero attached hydrogens (tertiary/aromatic N) is 1. The highest BCUT2D eigenvalue weighted by atomic mass is 16.5. The van der Waals surface area contributed by atoms with Crippen molar-refractivity contribution in [1.82, 2.24) is 4.98 Å². The molecule has 1 aromatic heterocycles. The smallest absolute Gasteiger partial charge is 0.198 e. The van der Waals surface area contributed by atoms with Crippen LogP contribution in [0.1, 0.15) is 37.5 Å². The zero-order chi connectivity index (χ0) is 13.2. The van der Waals surface area contributed by atoms with Gasteiger partial charge in [-0.1, -0.05) is 0 Å². The molecule has 4 heteroatoms. The number of fused-ring (bicyclic) bond motifs is 1. The molecule has 102 valence electrons. The van der Waals surface area contributed by atoms with Crippen LogP contribution in [0.3, 0.4) is 0 Å². The lowest BCUT2D eigenvalue weighted by Gasteiger charge is -2.25. The Kier molecular flexibility index (Phi) is 3.42. The third kappa shape index (κ3) is 2.45. The Bertz CT molecular complexity index is 556. The van der Waals surface area contributed by atoms with Gasteiger partial charge in [0.05, 0.1) is 7.11 Å². The molecule has 1 saturated carbocycles. The first kappa shape index (κ1) is 12.5. The number of aromatic nitrogens is 1. The Balaban J connectivity index is 1.81. The topological polar surface area (TPSA) is 61.3 Å². The standard InChI is InChI=1S/C15H20N2O2/c1-18-12-6-7-14-13(8-12)17-15(19-14)11-4-2-10(9-16)3-5-11/h6-8,10-11H,2-5,9,16H2,1H3. The second kappa shape index (κ2) is 5.21. The molecule has 3 rings (SSSR count). The summed E-state index contributed by atoms with van der Waals surface area (Å²) in [5.41, 5.74) is 7.46. The largest absolute Gasteiger partial charge is 0.497 e. The number of methoxy groups -OCH3 is 1. The predicted octanol–water partition coefficient (Wildman–Crippen LogP) is 3.07. The van der Waals surface area contributed by atoms with E-state index in [-0.39, 0.29) is 0 Å². The molecule has 1 fully saturated rings. The number of hydrogen-bond acceptors (Lipinski definition) is 4. The van der Waals surface area contributed by atoms with Gasteiger partial charge in [0.2, 0.25) is 0 Å². The van der Waals surface area contributed by atoms with E-state index >= 15 is 0 Å². The predicted molar refractivity (Wildman–Crippen MR) is 74.3 cm³/mol. The maximum atomic E-state index is 5.88. The average molecular weight is 260 g/mol. The Morgan fingerprint density at radius 2 is 2.11 bits per heavy atom. The van der Waals surface area contributed by atoms with E-state index in [0.717, 1.165) is 42.1 Å². The van der Waals surface area contributed by atoms with Gasteiger partial charge in [-0.25, -0.2) is 4.98 Å². The van der Waals surface area contributed by atoms with Crippen LogP contribution in [-0.2, 0) is 0 Å². The van der Waals surface area contributed by atoms with E-state index in [1.165, 1.54) is 12.8 Å². The third-order valence-electron chi connectivity index (χ3n) is 4.14. The fourth-order valence-electron chi connectivity index (χ4n) is 2.87. The Morgan fingerprint density at radius 1 is 1.32 bits per heavy atom. The number of nitrogens with two attached hydrogens (primary N) is 1. The van der Waals surface area contributed by atoms with Gasteiger partial charge in [0.15, 0.2) is 11.5 Å². The van der Waals surface area contributed by atoms with E-state index in [1.54, 1.807) is 7.11 Å². The van der Waals surface area contributed by atoms with Gasteiger partial charge in [-0.05, 0) is 50.3 Å². The molecule has 4 nitrogen and oxygen atoms in total. The van der Waals surface area contributed by atoms with Crippen molar-refractivity contribution >= 4 is 11.1 Å². The van der Waals surface area contributed by atoms with Gasteiger partial charge in [-0.3, -0.25) is 0 Å². The number of rotatable bonds is 3. The molecule has 1 aromatic carbocycles. The minimum absolute atomic E-state index is 0.446. The molecule has 0 saturated heterocycles. The molecule has 0 unspecified atom stereocenters. The summed E-state index contributed by atoms with van der Waals surface area (Å²) in [5.74, 6) is 2.82. The van der Waals surface area contributed by atoms with Crippen LogP contribution in [0.5, 0.6) is 5.75 Å². The molecule has 19 heavy (non-hydrogen) atoms. The van der Waals surface area contributed by atoms with Crippen LogP contribution < -0.4 is 10.5 Å².